The first-order valence-corrected chi connectivity index (χ1v) is 11.8. The lowest BCUT2D eigenvalue weighted by atomic mass is 10.0. The van der Waals surface area contributed by atoms with E-state index in [1.165, 1.54) is 0 Å². The molecule has 1 aliphatic heterocycles. The van der Waals surface area contributed by atoms with E-state index in [0.29, 0.717) is 5.11 Å². The molecule has 2 aromatic carbocycles. The first-order chi connectivity index (χ1) is 15.1. The van der Waals surface area contributed by atoms with Crippen LogP contribution in [-0.2, 0) is 0 Å². The summed E-state index contributed by atoms with van der Waals surface area (Å²) >= 11 is 12.9. The van der Waals surface area contributed by atoms with E-state index in [1.807, 2.05) is 36.5 Å². The highest BCUT2D eigenvalue weighted by molar-refractivity contribution is 9.10. The lowest BCUT2D eigenvalue weighted by molar-refractivity contribution is 0.549. The Hall–Kier alpha value is -2.48. The summed E-state index contributed by atoms with van der Waals surface area (Å²) < 4.78 is 4.30. The Morgan fingerprint density at radius 1 is 0.806 bits per heavy atom. The lowest BCUT2D eigenvalue weighted by Gasteiger charge is -2.29. The molecule has 2 aromatic heterocycles. The zero-order chi connectivity index (χ0) is 21.4. The molecule has 1 fully saturated rings. The summed E-state index contributed by atoms with van der Waals surface area (Å²) in [7, 11) is 0. The van der Waals surface area contributed by atoms with Crippen molar-refractivity contribution >= 4 is 54.9 Å². The highest BCUT2D eigenvalue weighted by Gasteiger charge is 2.42. The average Bonchev–Trinajstić information content (AvgIpc) is 3.40. The van der Waals surface area contributed by atoms with Crippen molar-refractivity contribution in [2.45, 2.75) is 12.1 Å². The normalized spacial score (nSPS) is 18.3. The van der Waals surface area contributed by atoms with Gasteiger partial charge in [-0.15, -0.1) is 0 Å². The molecular weight excluding hydrogens is 536 g/mol. The number of hydrogen-bond acceptors (Lipinski definition) is 2. The van der Waals surface area contributed by atoms with Crippen LogP contribution in [0.4, 0.5) is 5.69 Å². The van der Waals surface area contributed by atoms with Crippen molar-refractivity contribution in [1.82, 2.24) is 14.9 Å². The van der Waals surface area contributed by atoms with E-state index in [4.69, 9.17) is 12.2 Å². The van der Waals surface area contributed by atoms with Gasteiger partial charge in [0.2, 0.25) is 0 Å². The van der Waals surface area contributed by atoms with Gasteiger partial charge < -0.3 is 14.8 Å². The summed E-state index contributed by atoms with van der Waals surface area (Å²) in [5.74, 6) is 0. The Balaban J connectivity index is 1.66. The van der Waals surface area contributed by atoms with Gasteiger partial charge in [-0.05, 0) is 85.0 Å². The van der Waals surface area contributed by atoms with E-state index in [0.717, 1.165) is 31.7 Å². The van der Waals surface area contributed by atoms with Crippen LogP contribution in [0, 0.1) is 0 Å². The molecule has 0 radical (unpaired) electrons. The maximum atomic E-state index is 5.82. The van der Waals surface area contributed by atoms with Gasteiger partial charge in [0.1, 0.15) is 6.04 Å². The molecule has 0 aliphatic carbocycles. The van der Waals surface area contributed by atoms with Crippen LogP contribution in [0.25, 0.3) is 5.69 Å². The molecule has 4 nitrogen and oxygen atoms in total. The van der Waals surface area contributed by atoms with Crippen LogP contribution in [-0.4, -0.2) is 14.7 Å². The molecule has 0 saturated carbocycles. The van der Waals surface area contributed by atoms with Crippen LogP contribution in [0.1, 0.15) is 23.5 Å². The van der Waals surface area contributed by atoms with Gasteiger partial charge >= 0.3 is 0 Å². The van der Waals surface area contributed by atoms with E-state index >= 15 is 0 Å². The Morgan fingerprint density at radius 2 is 1.48 bits per heavy atom. The minimum Gasteiger partial charge on any atom is -0.351 e. The average molecular weight is 554 g/mol. The summed E-state index contributed by atoms with van der Waals surface area (Å²) in [5, 5.41) is 4.21. The zero-order valence-electron chi connectivity index (χ0n) is 16.3. The minimum absolute atomic E-state index is 0.0674. The monoisotopic (exact) mass is 552 g/mol. The van der Waals surface area contributed by atoms with Crippen LogP contribution < -0.4 is 10.2 Å². The fourth-order valence-corrected chi connectivity index (χ4v) is 4.88. The predicted octanol–water partition coefficient (Wildman–Crippen LogP) is 6.57. The number of benzene rings is 2. The number of pyridine rings is 1. The summed E-state index contributed by atoms with van der Waals surface area (Å²) in [5.41, 5.74) is 4.22. The van der Waals surface area contributed by atoms with Crippen molar-refractivity contribution in [3.63, 3.8) is 0 Å². The van der Waals surface area contributed by atoms with E-state index < -0.39 is 0 Å². The molecule has 2 atom stereocenters. The largest absolute Gasteiger partial charge is 0.351 e. The Labute approximate surface area is 203 Å². The van der Waals surface area contributed by atoms with Crippen LogP contribution in [0.15, 0.2) is 100 Å². The first-order valence-electron chi connectivity index (χ1n) is 9.81. The maximum Gasteiger partial charge on any atom is 0.174 e. The van der Waals surface area contributed by atoms with E-state index in [2.05, 4.69) is 106 Å². The predicted molar refractivity (Wildman–Crippen MR) is 136 cm³/mol. The minimum atomic E-state index is -0.0820. The second-order valence-electron chi connectivity index (χ2n) is 7.25. The molecule has 1 aliphatic rings. The Morgan fingerprint density at radius 3 is 2.13 bits per heavy atom. The summed E-state index contributed by atoms with van der Waals surface area (Å²) in [6, 6.07) is 26.6. The molecule has 3 heterocycles. The highest BCUT2D eigenvalue weighted by Crippen LogP contribution is 2.42. The number of hydrogen-bond donors (Lipinski definition) is 1. The second kappa shape index (κ2) is 8.57. The van der Waals surface area contributed by atoms with Gasteiger partial charge in [-0.3, -0.25) is 4.98 Å². The van der Waals surface area contributed by atoms with Gasteiger partial charge in [0.15, 0.2) is 5.11 Å². The highest BCUT2D eigenvalue weighted by atomic mass is 79.9. The van der Waals surface area contributed by atoms with Gasteiger partial charge in [0.05, 0.1) is 11.7 Å². The summed E-state index contributed by atoms with van der Waals surface area (Å²) in [6.07, 6.45) is 3.92. The molecule has 0 bridgehead atoms. The Kier molecular flexibility index (Phi) is 5.65. The molecule has 7 heteroatoms. The molecule has 1 N–H and O–H groups in total. The van der Waals surface area contributed by atoms with Gasteiger partial charge in [-0.2, -0.15) is 0 Å². The second-order valence-corrected chi connectivity index (χ2v) is 9.47. The molecule has 0 spiro atoms. The number of thiocarbonyl (C=S) groups is 1. The fourth-order valence-electron chi connectivity index (χ4n) is 4.01. The standard InChI is InChI=1S/C24H18Br2N4S/c25-16-6-10-18(11-7-16)29-15-3-5-21(29)23-22(20-4-1-2-14-27-20)28-24(31)30(23)19-12-8-17(26)9-13-19/h1-15,22-23H,(H,28,31)/t22-,23+/m1/s1. The van der Waals surface area contributed by atoms with Gasteiger partial charge in [0.25, 0.3) is 0 Å². The third-order valence-electron chi connectivity index (χ3n) is 5.39. The van der Waals surface area contributed by atoms with E-state index in [-0.39, 0.29) is 12.1 Å². The van der Waals surface area contributed by atoms with E-state index in [9.17, 15) is 0 Å². The molecule has 154 valence electrons. The Bertz CT molecular complexity index is 1210. The lowest BCUT2D eigenvalue weighted by Crippen LogP contribution is -2.30. The third-order valence-corrected chi connectivity index (χ3v) is 6.76. The quantitative estimate of drug-likeness (QED) is 0.290. The zero-order valence-corrected chi connectivity index (χ0v) is 20.3. The van der Waals surface area contributed by atoms with Gasteiger partial charge in [-0.1, -0.05) is 37.9 Å². The van der Waals surface area contributed by atoms with Crippen molar-refractivity contribution in [3.8, 4) is 5.69 Å². The number of nitrogens with zero attached hydrogens (tertiary/aromatic N) is 3. The number of anilines is 1. The van der Waals surface area contributed by atoms with Crippen LogP contribution in [0.5, 0.6) is 0 Å². The topological polar surface area (TPSA) is 33.1 Å². The van der Waals surface area contributed by atoms with E-state index in [1.54, 1.807) is 0 Å². The number of nitrogens with one attached hydrogen (secondary N) is 1. The smallest absolute Gasteiger partial charge is 0.174 e. The van der Waals surface area contributed by atoms with Crippen molar-refractivity contribution in [2.75, 3.05) is 4.90 Å². The number of aromatic nitrogens is 2. The molecule has 4 aromatic rings. The molecular formula is C24H18Br2N4S. The van der Waals surface area contributed by atoms with Crippen molar-refractivity contribution in [1.29, 1.82) is 0 Å². The number of rotatable bonds is 4. The molecule has 0 amide bonds. The summed E-state index contributed by atoms with van der Waals surface area (Å²) in [6.45, 7) is 0. The van der Waals surface area contributed by atoms with Crippen LogP contribution in [0.2, 0.25) is 0 Å². The molecule has 5 rings (SSSR count). The van der Waals surface area contributed by atoms with Gasteiger partial charge in [-0.25, -0.2) is 0 Å². The third kappa shape index (κ3) is 3.93. The molecule has 31 heavy (non-hydrogen) atoms. The molecule has 0 unspecified atom stereocenters. The van der Waals surface area contributed by atoms with Crippen LogP contribution in [0.3, 0.4) is 0 Å². The summed E-state index contributed by atoms with van der Waals surface area (Å²) in [4.78, 5) is 6.83. The fraction of sp³-hybridized carbons (Fsp3) is 0.0833. The van der Waals surface area contributed by atoms with Crippen molar-refractivity contribution < 1.29 is 0 Å². The SMILES string of the molecule is S=C1N[C@H](c2ccccn2)[C@H](c2cccn2-c2ccc(Br)cc2)N1c1ccc(Br)cc1. The maximum absolute atomic E-state index is 5.82. The van der Waals surface area contributed by atoms with Gasteiger partial charge in [0, 0.05) is 38.4 Å². The van der Waals surface area contributed by atoms with Crippen LogP contribution >= 0.6 is 44.1 Å². The first kappa shape index (κ1) is 20.4. The molecule has 1 saturated heterocycles. The number of halogens is 2. The van der Waals surface area contributed by atoms with Crippen molar-refractivity contribution in [3.05, 3.63) is 112 Å². The van der Waals surface area contributed by atoms with Crippen molar-refractivity contribution in [2.24, 2.45) is 0 Å².